The van der Waals surface area contributed by atoms with Gasteiger partial charge in [-0.3, -0.25) is 5.10 Å². The normalized spacial score (nSPS) is 10.5. The van der Waals surface area contributed by atoms with Gasteiger partial charge in [-0.05, 0) is 24.6 Å². The smallest absolute Gasteiger partial charge is 0.244 e. The molecule has 2 rings (SSSR count). The summed E-state index contributed by atoms with van der Waals surface area (Å²) in [5.74, 6) is 1.10. The summed E-state index contributed by atoms with van der Waals surface area (Å²) in [4.78, 5) is 6.04. The van der Waals surface area contributed by atoms with Gasteiger partial charge in [0.1, 0.15) is 5.82 Å². The molecule has 2 aromatic rings. The molecule has 0 aliphatic carbocycles. The first-order chi connectivity index (χ1) is 8.06. The molecule has 0 radical (unpaired) electrons. The lowest BCUT2D eigenvalue weighted by molar-refractivity contribution is 0.403. The maximum atomic E-state index is 9.38. The van der Waals surface area contributed by atoms with Crippen molar-refractivity contribution in [3.8, 4) is 11.5 Å². The van der Waals surface area contributed by atoms with E-state index in [1.807, 2.05) is 18.9 Å². The number of hydrogen-bond donors (Lipinski definition) is 3. The van der Waals surface area contributed by atoms with Crippen molar-refractivity contribution in [1.82, 2.24) is 15.2 Å². The van der Waals surface area contributed by atoms with Crippen molar-refractivity contribution in [2.45, 2.75) is 13.5 Å². The maximum Gasteiger partial charge on any atom is 0.244 e. The molecule has 0 unspecified atom stereocenters. The van der Waals surface area contributed by atoms with Crippen molar-refractivity contribution in [2.75, 3.05) is 11.9 Å². The predicted molar refractivity (Wildman–Crippen MR) is 63.0 cm³/mol. The molecular weight excluding hydrogens is 220 g/mol. The lowest BCUT2D eigenvalue weighted by atomic mass is 10.2. The molecule has 0 bridgehead atoms. The third-order valence-corrected chi connectivity index (χ3v) is 2.39. The van der Waals surface area contributed by atoms with Crippen LogP contribution in [-0.4, -0.2) is 32.4 Å². The molecule has 1 aromatic heterocycles. The Morgan fingerprint density at radius 1 is 1.29 bits per heavy atom. The largest absolute Gasteiger partial charge is 0.504 e. The molecule has 0 fully saturated rings. The highest BCUT2D eigenvalue weighted by atomic mass is 16.3. The van der Waals surface area contributed by atoms with Crippen molar-refractivity contribution >= 4 is 5.95 Å². The Morgan fingerprint density at radius 2 is 2.06 bits per heavy atom. The van der Waals surface area contributed by atoms with E-state index in [0.717, 1.165) is 11.4 Å². The number of phenolic OH excluding ortho intramolecular Hbond substituents is 2. The first-order valence-corrected chi connectivity index (χ1v) is 5.17. The van der Waals surface area contributed by atoms with Crippen molar-refractivity contribution in [1.29, 1.82) is 0 Å². The minimum atomic E-state index is -0.123. The lowest BCUT2D eigenvalue weighted by Gasteiger charge is -2.14. The zero-order valence-electron chi connectivity index (χ0n) is 9.68. The summed E-state index contributed by atoms with van der Waals surface area (Å²) < 4.78 is 0. The van der Waals surface area contributed by atoms with Gasteiger partial charge in [0.2, 0.25) is 5.95 Å². The fourth-order valence-electron chi connectivity index (χ4n) is 1.51. The predicted octanol–water partition coefficient (Wildman–Crippen LogP) is 1.16. The Kier molecular flexibility index (Phi) is 2.86. The average Bonchev–Trinajstić information content (AvgIpc) is 2.70. The molecule has 0 saturated heterocycles. The van der Waals surface area contributed by atoms with E-state index in [2.05, 4.69) is 15.2 Å². The second kappa shape index (κ2) is 4.32. The van der Waals surface area contributed by atoms with Gasteiger partial charge in [0, 0.05) is 13.6 Å². The monoisotopic (exact) mass is 234 g/mol. The average molecular weight is 234 g/mol. The van der Waals surface area contributed by atoms with E-state index >= 15 is 0 Å². The molecule has 0 atom stereocenters. The molecule has 3 N–H and O–H groups in total. The maximum absolute atomic E-state index is 9.38. The fraction of sp³-hybridized carbons (Fsp3) is 0.273. The number of rotatable bonds is 3. The molecule has 6 nitrogen and oxygen atoms in total. The van der Waals surface area contributed by atoms with Gasteiger partial charge in [-0.25, -0.2) is 0 Å². The highest BCUT2D eigenvalue weighted by molar-refractivity contribution is 5.42. The van der Waals surface area contributed by atoms with Crippen LogP contribution in [0.1, 0.15) is 11.4 Å². The van der Waals surface area contributed by atoms with Crippen LogP contribution < -0.4 is 4.90 Å². The van der Waals surface area contributed by atoms with Crippen LogP contribution in [0.15, 0.2) is 18.2 Å². The van der Waals surface area contributed by atoms with Gasteiger partial charge in [0.05, 0.1) is 0 Å². The van der Waals surface area contributed by atoms with Gasteiger partial charge in [-0.2, -0.15) is 4.98 Å². The SMILES string of the molecule is Cc1nc(N(C)Cc2ccc(O)c(O)c2)n[nH]1. The number of hydrogen-bond acceptors (Lipinski definition) is 5. The summed E-state index contributed by atoms with van der Waals surface area (Å²) in [5, 5.41) is 25.4. The number of anilines is 1. The summed E-state index contributed by atoms with van der Waals surface area (Å²) in [6, 6.07) is 4.72. The molecule has 0 spiro atoms. The van der Waals surface area contributed by atoms with Crippen LogP contribution >= 0.6 is 0 Å². The van der Waals surface area contributed by atoms with E-state index in [1.54, 1.807) is 6.07 Å². The summed E-state index contributed by atoms with van der Waals surface area (Å²) in [5.41, 5.74) is 0.866. The molecule has 0 saturated carbocycles. The Balaban J connectivity index is 2.12. The van der Waals surface area contributed by atoms with Gasteiger partial charge < -0.3 is 15.1 Å². The first kappa shape index (κ1) is 11.3. The van der Waals surface area contributed by atoms with Gasteiger partial charge >= 0.3 is 0 Å². The van der Waals surface area contributed by atoms with Crippen molar-refractivity contribution in [3.63, 3.8) is 0 Å². The first-order valence-electron chi connectivity index (χ1n) is 5.17. The van der Waals surface area contributed by atoms with E-state index in [1.165, 1.54) is 12.1 Å². The molecule has 6 heteroatoms. The Morgan fingerprint density at radius 3 is 2.65 bits per heavy atom. The summed E-state index contributed by atoms with van der Waals surface area (Å²) in [7, 11) is 1.85. The molecule has 90 valence electrons. The molecule has 1 aromatic carbocycles. The Hall–Kier alpha value is -2.24. The van der Waals surface area contributed by atoms with Crippen LogP contribution in [0.25, 0.3) is 0 Å². The van der Waals surface area contributed by atoms with Crippen LogP contribution in [0, 0.1) is 6.92 Å². The lowest BCUT2D eigenvalue weighted by Crippen LogP contribution is -2.17. The summed E-state index contributed by atoms with van der Waals surface area (Å²) in [6.07, 6.45) is 0. The molecule has 1 heterocycles. The minimum Gasteiger partial charge on any atom is -0.504 e. The minimum absolute atomic E-state index is 0.120. The van der Waals surface area contributed by atoms with Crippen molar-refractivity contribution in [3.05, 3.63) is 29.6 Å². The number of nitrogens with one attached hydrogen (secondary N) is 1. The highest BCUT2D eigenvalue weighted by Crippen LogP contribution is 2.25. The molecule has 0 amide bonds. The molecule has 0 aliphatic heterocycles. The van der Waals surface area contributed by atoms with E-state index in [4.69, 9.17) is 0 Å². The zero-order valence-corrected chi connectivity index (χ0v) is 9.68. The van der Waals surface area contributed by atoms with Crippen LogP contribution in [-0.2, 0) is 6.54 Å². The van der Waals surface area contributed by atoms with Crippen molar-refractivity contribution in [2.24, 2.45) is 0 Å². The van der Waals surface area contributed by atoms with Gasteiger partial charge in [0.25, 0.3) is 0 Å². The molecule has 0 aliphatic rings. The zero-order chi connectivity index (χ0) is 12.4. The van der Waals surface area contributed by atoms with Crippen molar-refractivity contribution < 1.29 is 10.2 Å². The van der Waals surface area contributed by atoms with Gasteiger partial charge in [0.15, 0.2) is 11.5 Å². The number of aryl methyl sites for hydroxylation is 1. The second-order valence-electron chi connectivity index (χ2n) is 3.90. The van der Waals surface area contributed by atoms with Crippen LogP contribution in [0.2, 0.25) is 0 Å². The fourth-order valence-corrected chi connectivity index (χ4v) is 1.51. The number of aromatic amines is 1. The number of nitrogens with zero attached hydrogens (tertiary/aromatic N) is 3. The topological polar surface area (TPSA) is 85.3 Å². The van der Waals surface area contributed by atoms with E-state index in [-0.39, 0.29) is 11.5 Å². The Bertz CT molecular complexity index is 524. The standard InChI is InChI=1S/C11H14N4O2/c1-7-12-11(14-13-7)15(2)6-8-3-4-9(16)10(17)5-8/h3-5,16-17H,6H2,1-2H3,(H,12,13,14). The summed E-state index contributed by atoms with van der Waals surface area (Å²) in [6.45, 7) is 2.38. The summed E-state index contributed by atoms with van der Waals surface area (Å²) >= 11 is 0. The quantitative estimate of drug-likeness (QED) is 0.694. The van der Waals surface area contributed by atoms with Gasteiger partial charge in [-0.15, -0.1) is 5.10 Å². The van der Waals surface area contributed by atoms with Crippen LogP contribution in [0.5, 0.6) is 11.5 Å². The number of aromatic nitrogens is 3. The molecule has 17 heavy (non-hydrogen) atoms. The third-order valence-electron chi connectivity index (χ3n) is 2.39. The van der Waals surface area contributed by atoms with E-state index < -0.39 is 0 Å². The highest BCUT2D eigenvalue weighted by Gasteiger charge is 2.08. The third kappa shape index (κ3) is 2.47. The second-order valence-corrected chi connectivity index (χ2v) is 3.90. The van der Waals surface area contributed by atoms with Crippen LogP contribution in [0.3, 0.4) is 0 Å². The van der Waals surface area contributed by atoms with Gasteiger partial charge in [-0.1, -0.05) is 6.07 Å². The number of benzene rings is 1. The van der Waals surface area contributed by atoms with E-state index in [0.29, 0.717) is 12.5 Å². The molecular formula is C11H14N4O2. The number of aromatic hydroxyl groups is 2. The van der Waals surface area contributed by atoms with E-state index in [9.17, 15) is 10.2 Å². The number of H-pyrrole nitrogens is 1. The Labute approximate surface area is 98.5 Å². The van der Waals surface area contributed by atoms with Crippen LogP contribution in [0.4, 0.5) is 5.95 Å². The number of phenols is 2.